The Labute approximate surface area is 131 Å². The van der Waals surface area contributed by atoms with Gasteiger partial charge in [-0.3, -0.25) is 4.79 Å². The lowest BCUT2D eigenvalue weighted by molar-refractivity contribution is -0.133. The van der Waals surface area contributed by atoms with Crippen molar-refractivity contribution in [1.29, 1.82) is 0 Å². The number of carbonyl (C=O) groups excluding carboxylic acids is 1. The molecule has 0 radical (unpaired) electrons. The minimum Gasteiger partial charge on any atom is -0.380 e. The number of piperidine rings is 1. The molecule has 3 rings (SSSR count). The zero-order valence-corrected chi connectivity index (χ0v) is 13.1. The Morgan fingerprint density at radius 3 is 2.82 bits per heavy atom. The fourth-order valence-corrected chi connectivity index (χ4v) is 3.73. The van der Waals surface area contributed by atoms with Gasteiger partial charge in [-0.25, -0.2) is 4.39 Å². The third-order valence-corrected chi connectivity index (χ3v) is 4.91. The van der Waals surface area contributed by atoms with E-state index in [9.17, 15) is 9.18 Å². The quantitative estimate of drug-likeness (QED) is 0.917. The SMILES string of the molecule is O=C(CC1CCCC1)N1CCC[C@H](Nc2cccc(F)c2)C1. The number of halogens is 1. The van der Waals surface area contributed by atoms with Crippen molar-refractivity contribution >= 4 is 11.6 Å². The van der Waals surface area contributed by atoms with E-state index in [1.807, 2.05) is 11.0 Å². The van der Waals surface area contributed by atoms with Crippen LogP contribution in [0.2, 0.25) is 0 Å². The van der Waals surface area contributed by atoms with E-state index in [1.165, 1.54) is 37.8 Å². The van der Waals surface area contributed by atoms with Gasteiger partial charge in [0, 0.05) is 31.2 Å². The van der Waals surface area contributed by atoms with Gasteiger partial charge in [-0.2, -0.15) is 0 Å². The molecular weight excluding hydrogens is 279 g/mol. The first kappa shape index (κ1) is 15.3. The number of hydrogen-bond acceptors (Lipinski definition) is 2. The number of amides is 1. The molecule has 4 heteroatoms. The molecule has 1 aromatic carbocycles. The first-order valence-corrected chi connectivity index (χ1v) is 8.50. The number of nitrogens with one attached hydrogen (secondary N) is 1. The van der Waals surface area contributed by atoms with Gasteiger partial charge in [0.1, 0.15) is 5.82 Å². The fraction of sp³-hybridized carbons (Fsp3) is 0.611. The molecule has 1 saturated carbocycles. The van der Waals surface area contributed by atoms with Crippen LogP contribution in [0.5, 0.6) is 0 Å². The topological polar surface area (TPSA) is 32.3 Å². The summed E-state index contributed by atoms with van der Waals surface area (Å²) in [7, 11) is 0. The number of nitrogens with zero attached hydrogens (tertiary/aromatic N) is 1. The minimum atomic E-state index is -0.227. The Bertz CT molecular complexity index is 514. The van der Waals surface area contributed by atoms with Crippen molar-refractivity contribution in [2.24, 2.45) is 5.92 Å². The number of anilines is 1. The first-order chi connectivity index (χ1) is 10.7. The fourth-order valence-electron chi connectivity index (χ4n) is 3.73. The second kappa shape index (κ2) is 7.12. The summed E-state index contributed by atoms with van der Waals surface area (Å²) in [5.41, 5.74) is 0.801. The Morgan fingerprint density at radius 1 is 1.23 bits per heavy atom. The van der Waals surface area contributed by atoms with Crippen LogP contribution in [0, 0.1) is 11.7 Å². The van der Waals surface area contributed by atoms with Crippen molar-refractivity contribution in [3.05, 3.63) is 30.1 Å². The highest BCUT2D eigenvalue weighted by atomic mass is 19.1. The monoisotopic (exact) mass is 304 g/mol. The number of benzene rings is 1. The molecule has 2 fully saturated rings. The van der Waals surface area contributed by atoms with Crippen LogP contribution in [0.25, 0.3) is 0 Å². The maximum atomic E-state index is 13.2. The van der Waals surface area contributed by atoms with E-state index in [1.54, 1.807) is 6.07 Å². The summed E-state index contributed by atoms with van der Waals surface area (Å²) in [6.45, 7) is 1.61. The Kier molecular flexibility index (Phi) is 4.96. The summed E-state index contributed by atoms with van der Waals surface area (Å²) < 4.78 is 13.2. The molecule has 3 nitrogen and oxygen atoms in total. The van der Waals surface area contributed by atoms with Gasteiger partial charge < -0.3 is 10.2 Å². The zero-order chi connectivity index (χ0) is 15.4. The van der Waals surface area contributed by atoms with Crippen molar-refractivity contribution in [2.45, 2.75) is 51.0 Å². The van der Waals surface area contributed by atoms with Crippen molar-refractivity contribution in [2.75, 3.05) is 18.4 Å². The molecule has 1 aromatic rings. The molecule has 1 heterocycles. The van der Waals surface area contributed by atoms with Crippen LogP contribution >= 0.6 is 0 Å². The zero-order valence-electron chi connectivity index (χ0n) is 13.1. The Balaban J connectivity index is 1.53. The molecule has 1 atom stereocenters. The lowest BCUT2D eigenvalue weighted by Crippen LogP contribution is -2.45. The highest BCUT2D eigenvalue weighted by Crippen LogP contribution is 2.28. The second-order valence-corrected chi connectivity index (χ2v) is 6.69. The Hall–Kier alpha value is -1.58. The van der Waals surface area contributed by atoms with Crippen LogP contribution in [0.1, 0.15) is 44.9 Å². The van der Waals surface area contributed by atoms with E-state index in [0.717, 1.165) is 31.6 Å². The van der Waals surface area contributed by atoms with Gasteiger partial charge in [0.2, 0.25) is 5.91 Å². The standard InChI is InChI=1S/C18H25FN2O/c19-15-7-3-8-16(12-15)20-17-9-4-10-21(13-17)18(22)11-14-5-1-2-6-14/h3,7-8,12,14,17,20H,1-2,4-6,9-11,13H2/t17-/m0/s1. The molecular formula is C18H25FN2O. The molecule has 2 aliphatic rings. The minimum absolute atomic E-state index is 0.225. The first-order valence-electron chi connectivity index (χ1n) is 8.50. The van der Waals surface area contributed by atoms with Crippen LogP contribution < -0.4 is 5.32 Å². The van der Waals surface area contributed by atoms with Gasteiger partial charge in [-0.15, -0.1) is 0 Å². The molecule has 1 N–H and O–H groups in total. The van der Waals surface area contributed by atoms with Crippen molar-refractivity contribution in [1.82, 2.24) is 4.90 Å². The van der Waals surface area contributed by atoms with Gasteiger partial charge in [-0.1, -0.05) is 18.9 Å². The van der Waals surface area contributed by atoms with Crippen LogP contribution in [-0.4, -0.2) is 29.9 Å². The summed E-state index contributed by atoms with van der Waals surface area (Å²) in [5.74, 6) is 0.677. The average molecular weight is 304 g/mol. The molecule has 0 aromatic heterocycles. The Morgan fingerprint density at radius 2 is 2.05 bits per heavy atom. The molecule has 1 saturated heterocycles. The summed E-state index contributed by atoms with van der Waals surface area (Å²) in [6, 6.07) is 6.78. The summed E-state index contributed by atoms with van der Waals surface area (Å²) in [6.07, 6.45) is 7.75. The maximum absolute atomic E-state index is 13.2. The molecule has 0 bridgehead atoms. The number of carbonyl (C=O) groups is 1. The molecule has 22 heavy (non-hydrogen) atoms. The highest BCUT2D eigenvalue weighted by molar-refractivity contribution is 5.76. The molecule has 0 unspecified atom stereocenters. The van der Waals surface area contributed by atoms with Gasteiger partial charge in [0.05, 0.1) is 0 Å². The van der Waals surface area contributed by atoms with Crippen LogP contribution in [0.15, 0.2) is 24.3 Å². The van der Waals surface area contributed by atoms with E-state index in [-0.39, 0.29) is 11.9 Å². The van der Waals surface area contributed by atoms with E-state index < -0.39 is 0 Å². The third kappa shape index (κ3) is 3.99. The van der Waals surface area contributed by atoms with Crippen LogP contribution in [0.3, 0.4) is 0 Å². The number of hydrogen-bond donors (Lipinski definition) is 1. The predicted molar refractivity (Wildman–Crippen MR) is 86.2 cm³/mol. The normalized spacial score (nSPS) is 22.8. The van der Waals surface area contributed by atoms with Gasteiger partial charge in [0.25, 0.3) is 0 Å². The van der Waals surface area contributed by atoms with Crippen molar-refractivity contribution in [3.63, 3.8) is 0 Å². The van der Waals surface area contributed by atoms with Crippen LogP contribution in [0.4, 0.5) is 10.1 Å². The summed E-state index contributed by atoms with van der Waals surface area (Å²) in [5, 5.41) is 3.37. The van der Waals surface area contributed by atoms with E-state index >= 15 is 0 Å². The van der Waals surface area contributed by atoms with Crippen LogP contribution in [-0.2, 0) is 4.79 Å². The largest absolute Gasteiger partial charge is 0.380 e. The smallest absolute Gasteiger partial charge is 0.222 e. The van der Waals surface area contributed by atoms with Gasteiger partial charge in [-0.05, 0) is 49.8 Å². The number of rotatable bonds is 4. The van der Waals surface area contributed by atoms with Gasteiger partial charge in [0.15, 0.2) is 0 Å². The second-order valence-electron chi connectivity index (χ2n) is 6.69. The van der Waals surface area contributed by atoms with E-state index in [2.05, 4.69) is 5.32 Å². The maximum Gasteiger partial charge on any atom is 0.222 e. The average Bonchev–Trinajstić information content (AvgIpc) is 3.00. The number of likely N-dealkylation sites (tertiary alicyclic amines) is 1. The lowest BCUT2D eigenvalue weighted by atomic mass is 10.0. The van der Waals surface area contributed by atoms with Crippen molar-refractivity contribution < 1.29 is 9.18 Å². The molecule has 1 aliphatic heterocycles. The molecule has 0 spiro atoms. The molecule has 1 amide bonds. The van der Waals surface area contributed by atoms with Gasteiger partial charge >= 0.3 is 0 Å². The third-order valence-electron chi connectivity index (χ3n) is 4.91. The highest BCUT2D eigenvalue weighted by Gasteiger charge is 2.26. The molecule has 120 valence electrons. The van der Waals surface area contributed by atoms with Crippen molar-refractivity contribution in [3.8, 4) is 0 Å². The predicted octanol–water partition coefficient (Wildman–Crippen LogP) is 3.81. The lowest BCUT2D eigenvalue weighted by Gasteiger charge is -2.34. The van der Waals surface area contributed by atoms with E-state index in [0.29, 0.717) is 18.2 Å². The van der Waals surface area contributed by atoms with E-state index in [4.69, 9.17) is 0 Å². The summed E-state index contributed by atoms with van der Waals surface area (Å²) >= 11 is 0. The molecule has 1 aliphatic carbocycles. The summed E-state index contributed by atoms with van der Waals surface area (Å²) in [4.78, 5) is 14.4.